The molecule has 1 N–H and O–H groups in total. The lowest BCUT2D eigenvalue weighted by atomic mass is 10.0. The van der Waals surface area contributed by atoms with E-state index in [9.17, 15) is 9.90 Å². The Labute approximate surface area is 124 Å². The van der Waals surface area contributed by atoms with Crippen LogP contribution in [0.5, 0.6) is 11.5 Å². The van der Waals surface area contributed by atoms with Gasteiger partial charge in [-0.05, 0) is 50.5 Å². The van der Waals surface area contributed by atoms with Crippen LogP contribution >= 0.6 is 0 Å². The van der Waals surface area contributed by atoms with Crippen molar-refractivity contribution in [2.45, 2.75) is 0 Å². The highest BCUT2D eigenvalue weighted by Crippen LogP contribution is 2.18. The topological polar surface area (TPSA) is 49.8 Å². The summed E-state index contributed by atoms with van der Waals surface area (Å²) in [5.74, 6) is 0.708. The Hall–Kier alpha value is -2.33. The molecule has 0 heterocycles. The summed E-state index contributed by atoms with van der Waals surface area (Å²) in [6.45, 7) is 1.44. The third-order valence-electron chi connectivity index (χ3n) is 3.03. The minimum Gasteiger partial charge on any atom is -0.508 e. The zero-order chi connectivity index (χ0) is 15.2. The molecule has 4 heteroatoms. The normalized spacial score (nSPS) is 10.6. The average Bonchev–Trinajstić information content (AvgIpc) is 2.47. The maximum atomic E-state index is 12.3. The van der Waals surface area contributed by atoms with E-state index in [1.807, 2.05) is 19.0 Å². The number of benzene rings is 2. The lowest BCUT2D eigenvalue weighted by molar-refractivity contribution is 0.103. The molecule has 21 heavy (non-hydrogen) atoms. The van der Waals surface area contributed by atoms with E-state index in [-0.39, 0.29) is 11.5 Å². The van der Waals surface area contributed by atoms with E-state index >= 15 is 0 Å². The number of hydrogen-bond donors (Lipinski definition) is 1. The van der Waals surface area contributed by atoms with E-state index in [1.165, 1.54) is 6.07 Å². The number of rotatable bonds is 6. The fourth-order valence-electron chi connectivity index (χ4n) is 1.86. The highest BCUT2D eigenvalue weighted by molar-refractivity contribution is 6.09. The van der Waals surface area contributed by atoms with Crippen LogP contribution in [0.2, 0.25) is 0 Å². The van der Waals surface area contributed by atoms with Crippen LogP contribution in [0.3, 0.4) is 0 Å². The summed E-state index contributed by atoms with van der Waals surface area (Å²) in [5, 5.41) is 9.42. The Morgan fingerprint density at radius 1 is 1.10 bits per heavy atom. The Balaban J connectivity index is 2.03. The van der Waals surface area contributed by atoms with Gasteiger partial charge in [0.1, 0.15) is 18.1 Å². The first-order valence-corrected chi connectivity index (χ1v) is 6.77. The zero-order valence-electron chi connectivity index (χ0n) is 12.2. The van der Waals surface area contributed by atoms with Gasteiger partial charge in [-0.3, -0.25) is 4.79 Å². The highest BCUT2D eigenvalue weighted by Gasteiger charge is 2.09. The Morgan fingerprint density at radius 3 is 2.43 bits per heavy atom. The number of phenols is 1. The molecule has 0 radical (unpaired) electrons. The number of carbonyl (C=O) groups excluding carboxylic acids is 1. The molecule has 0 fully saturated rings. The van der Waals surface area contributed by atoms with Gasteiger partial charge < -0.3 is 14.7 Å². The van der Waals surface area contributed by atoms with Crippen LogP contribution in [-0.4, -0.2) is 43.0 Å². The second-order valence-corrected chi connectivity index (χ2v) is 5.06. The number of aromatic hydroxyl groups is 1. The van der Waals surface area contributed by atoms with Gasteiger partial charge in [-0.1, -0.05) is 12.1 Å². The number of carbonyl (C=O) groups is 1. The van der Waals surface area contributed by atoms with Crippen LogP contribution in [0.4, 0.5) is 0 Å². The summed E-state index contributed by atoms with van der Waals surface area (Å²) >= 11 is 0. The molecule has 0 spiro atoms. The van der Waals surface area contributed by atoms with Gasteiger partial charge in [-0.25, -0.2) is 0 Å². The van der Waals surface area contributed by atoms with Crippen LogP contribution in [0.1, 0.15) is 15.9 Å². The summed E-state index contributed by atoms with van der Waals surface area (Å²) in [7, 11) is 3.97. The minimum absolute atomic E-state index is 0.0875. The van der Waals surface area contributed by atoms with E-state index in [4.69, 9.17) is 4.74 Å². The number of ether oxygens (including phenoxy) is 1. The molecule has 0 aliphatic carbocycles. The Morgan fingerprint density at radius 2 is 1.81 bits per heavy atom. The first kappa shape index (κ1) is 15.1. The molecule has 4 nitrogen and oxygen atoms in total. The van der Waals surface area contributed by atoms with E-state index in [0.717, 1.165) is 12.3 Å². The average molecular weight is 285 g/mol. The predicted molar refractivity (Wildman–Crippen MR) is 82.0 cm³/mol. The fourth-order valence-corrected chi connectivity index (χ4v) is 1.86. The molecule has 2 aromatic carbocycles. The van der Waals surface area contributed by atoms with Crippen molar-refractivity contribution < 1.29 is 14.6 Å². The molecular formula is C17H19NO3. The fraction of sp³-hybridized carbons (Fsp3) is 0.235. The van der Waals surface area contributed by atoms with Crippen LogP contribution in [0, 0.1) is 0 Å². The molecular weight excluding hydrogens is 266 g/mol. The second kappa shape index (κ2) is 6.90. The minimum atomic E-state index is -0.120. The summed E-state index contributed by atoms with van der Waals surface area (Å²) < 4.78 is 5.58. The Bertz CT molecular complexity index is 606. The lowest BCUT2D eigenvalue weighted by Crippen LogP contribution is -2.19. The van der Waals surface area contributed by atoms with Gasteiger partial charge in [-0.15, -0.1) is 0 Å². The third-order valence-corrected chi connectivity index (χ3v) is 3.03. The van der Waals surface area contributed by atoms with Crippen molar-refractivity contribution in [2.24, 2.45) is 0 Å². The van der Waals surface area contributed by atoms with Crippen molar-refractivity contribution in [3.05, 3.63) is 59.7 Å². The molecule has 0 aliphatic heterocycles. The van der Waals surface area contributed by atoms with Gasteiger partial charge in [0.25, 0.3) is 0 Å². The monoisotopic (exact) mass is 285 g/mol. The maximum absolute atomic E-state index is 12.3. The Kier molecular flexibility index (Phi) is 4.95. The molecule has 0 bridgehead atoms. The van der Waals surface area contributed by atoms with Crippen LogP contribution < -0.4 is 4.74 Å². The van der Waals surface area contributed by atoms with E-state index in [1.54, 1.807) is 42.5 Å². The van der Waals surface area contributed by atoms with Gasteiger partial charge in [0, 0.05) is 17.7 Å². The smallest absolute Gasteiger partial charge is 0.193 e. The largest absolute Gasteiger partial charge is 0.508 e. The molecule has 0 aliphatic rings. The van der Waals surface area contributed by atoms with Gasteiger partial charge in [0.15, 0.2) is 5.78 Å². The standard InChI is InChI=1S/C17H19NO3/c1-18(2)10-11-21-16-8-6-13(7-9-16)17(20)14-4-3-5-15(19)12-14/h3-9,12,19H,10-11H2,1-2H3. The maximum Gasteiger partial charge on any atom is 0.193 e. The van der Waals surface area contributed by atoms with Crippen molar-refractivity contribution >= 4 is 5.78 Å². The van der Waals surface area contributed by atoms with Gasteiger partial charge in [0.2, 0.25) is 0 Å². The van der Waals surface area contributed by atoms with Gasteiger partial charge in [0.05, 0.1) is 0 Å². The van der Waals surface area contributed by atoms with Crippen molar-refractivity contribution in [1.82, 2.24) is 4.90 Å². The van der Waals surface area contributed by atoms with E-state index < -0.39 is 0 Å². The van der Waals surface area contributed by atoms with Crippen molar-refractivity contribution in [3.8, 4) is 11.5 Å². The summed E-state index contributed by atoms with van der Waals surface area (Å²) in [5.41, 5.74) is 1.04. The number of likely N-dealkylation sites (N-methyl/N-ethyl adjacent to an activating group) is 1. The molecule has 0 aromatic heterocycles. The van der Waals surface area contributed by atoms with Crippen LogP contribution in [-0.2, 0) is 0 Å². The molecule has 0 unspecified atom stereocenters. The molecule has 0 saturated carbocycles. The van der Waals surface area contributed by atoms with Crippen LogP contribution in [0.25, 0.3) is 0 Å². The molecule has 0 atom stereocenters. The number of ketones is 1. The lowest BCUT2D eigenvalue weighted by Gasteiger charge is -2.11. The van der Waals surface area contributed by atoms with Crippen molar-refractivity contribution in [2.75, 3.05) is 27.2 Å². The SMILES string of the molecule is CN(C)CCOc1ccc(C(=O)c2cccc(O)c2)cc1. The first-order valence-electron chi connectivity index (χ1n) is 6.77. The number of hydrogen-bond acceptors (Lipinski definition) is 4. The number of phenolic OH excluding ortho intramolecular Hbond substituents is 1. The quantitative estimate of drug-likeness (QED) is 0.829. The van der Waals surface area contributed by atoms with Crippen molar-refractivity contribution in [3.63, 3.8) is 0 Å². The second-order valence-electron chi connectivity index (χ2n) is 5.06. The summed E-state index contributed by atoms with van der Waals surface area (Å²) in [4.78, 5) is 14.3. The molecule has 0 amide bonds. The third kappa shape index (κ3) is 4.33. The van der Waals surface area contributed by atoms with Gasteiger partial charge >= 0.3 is 0 Å². The zero-order valence-corrected chi connectivity index (χ0v) is 12.2. The van der Waals surface area contributed by atoms with Crippen molar-refractivity contribution in [1.29, 1.82) is 0 Å². The summed E-state index contributed by atoms with van der Waals surface area (Å²) in [6, 6.07) is 13.4. The highest BCUT2D eigenvalue weighted by atomic mass is 16.5. The van der Waals surface area contributed by atoms with E-state index in [0.29, 0.717) is 17.7 Å². The summed E-state index contributed by atoms with van der Waals surface area (Å²) in [6.07, 6.45) is 0. The van der Waals surface area contributed by atoms with Gasteiger partial charge in [-0.2, -0.15) is 0 Å². The molecule has 2 rings (SSSR count). The van der Waals surface area contributed by atoms with Crippen LogP contribution in [0.15, 0.2) is 48.5 Å². The molecule has 2 aromatic rings. The molecule has 110 valence electrons. The predicted octanol–water partition coefficient (Wildman–Crippen LogP) is 2.56. The molecule has 0 saturated heterocycles. The number of nitrogens with zero attached hydrogens (tertiary/aromatic N) is 1. The first-order chi connectivity index (χ1) is 10.1. The van der Waals surface area contributed by atoms with E-state index in [2.05, 4.69) is 0 Å².